The maximum absolute atomic E-state index is 12.2. The molecule has 1 saturated heterocycles. The van der Waals surface area contributed by atoms with Gasteiger partial charge in [-0.25, -0.2) is 4.79 Å². The monoisotopic (exact) mass is 284 g/mol. The van der Waals surface area contributed by atoms with Crippen molar-refractivity contribution in [2.24, 2.45) is 5.92 Å². The van der Waals surface area contributed by atoms with Crippen LogP contribution in [-0.2, 0) is 14.3 Å². The average molecular weight is 284 g/mol. The second-order valence-corrected chi connectivity index (χ2v) is 5.86. The molecule has 0 radical (unpaired) electrons. The summed E-state index contributed by atoms with van der Waals surface area (Å²) in [5.41, 5.74) is 0. The van der Waals surface area contributed by atoms with Crippen LogP contribution in [0.5, 0.6) is 0 Å². The Labute approximate surface area is 119 Å². The Morgan fingerprint density at radius 2 is 2.10 bits per heavy atom. The molecule has 2 aliphatic rings. The number of likely N-dealkylation sites (N-methyl/N-ethyl adjacent to an activating group) is 1. The number of hydrogen-bond acceptors (Lipinski definition) is 5. The standard InChI is InChI=1S/C14H24N2O4/c1-15(11-5-6-11)9-12(17)16-7-3-4-10(8-16)13(18)14(19)20-2/h10-11,13,18H,3-9H2,1-2H3/t10-,13+/m0/s1. The zero-order chi connectivity index (χ0) is 14.7. The van der Waals surface area contributed by atoms with E-state index in [2.05, 4.69) is 9.64 Å². The summed E-state index contributed by atoms with van der Waals surface area (Å²) in [5, 5.41) is 9.90. The maximum Gasteiger partial charge on any atom is 0.335 e. The van der Waals surface area contributed by atoms with E-state index in [1.54, 1.807) is 4.90 Å². The summed E-state index contributed by atoms with van der Waals surface area (Å²) in [6, 6.07) is 0.556. The Morgan fingerprint density at radius 3 is 2.70 bits per heavy atom. The number of likely N-dealkylation sites (tertiary alicyclic amines) is 1. The number of hydrogen-bond donors (Lipinski definition) is 1. The molecule has 0 aromatic rings. The molecule has 0 aromatic carbocycles. The number of piperidine rings is 1. The van der Waals surface area contributed by atoms with Gasteiger partial charge >= 0.3 is 5.97 Å². The minimum atomic E-state index is -1.13. The predicted octanol–water partition coefficient (Wildman–Crippen LogP) is -0.147. The fourth-order valence-electron chi connectivity index (χ4n) is 2.77. The van der Waals surface area contributed by atoms with Crippen LogP contribution in [0, 0.1) is 5.92 Å². The molecule has 0 bridgehead atoms. The van der Waals surface area contributed by atoms with Crippen LogP contribution >= 0.6 is 0 Å². The van der Waals surface area contributed by atoms with Crippen molar-refractivity contribution in [2.45, 2.75) is 37.8 Å². The van der Waals surface area contributed by atoms with Crippen molar-refractivity contribution in [3.05, 3.63) is 0 Å². The van der Waals surface area contributed by atoms with E-state index in [-0.39, 0.29) is 11.8 Å². The van der Waals surface area contributed by atoms with Gasteiger partial charge in [0.15, 0.2) is 6.10 Å². The van der Waals surface area contributed by atoms with Gasteiger partial charge in [-0.15, -0.1) is 0 Å². The van der Waals surface area contributed by atoms with Crippen LogP contribution in [0.25, 0.3) is 0 Å². The number of nitrogens with zero attached hydrogens (tertiary/aromatic N) is 2. The van der Waals surface area contributed by atoms with Gasteiger partial charge in [0.25, 0.3) is 0 Å². The van der Waals surface area contributed by atoms with E-state index in [0.717, 1.165) is 12.8 Å². The number of esters is 1. The van der Waals surface area contributed by atoms with E-state index in [1.807, 2.05) is 7.05 Å². The van der Waals surface area contributed by atoms with Crippen LogP contribution in [0.2, 0.25) is 0 Å². The lowest BCUT2D eigenvalue weighted by molar-refractivity contribution is -0.156. The number of carbonyl (C=O) groups excluding carboxylic acids is 2. The third-order valence-corrected chi connectivity index (χ3v) is 4.25. The summed E-state index contributed by atoms with van der Waals surface area (Å²) >= 11 is 0. The van der Waals surface area contributed by atoms with Crippen LogP contribution in [0.3, 0.4) is 0 Å². The molecule has 0 aromatic heterocycles. The zero-order valence-corrected chi connectivity index (χ0v) is 12.2. The second kappa shape index (κ2) is 6.54. The van der Waals surface area contributed by atoms with E-state index in [4.69, 9.17) is 0 Å². The molecule has 6 nitrogen and oxygen atoms in total. The summed E-state index contributed by atoms with van der Waals surface area (Å²) in [5.74, 6) is -0.744. The molecule has 6 heteroatoms. The molecule has 114 valence electrons. The quantitative estimate of drug-likeness (QED) is 0.711. The number of rotatable bonds is 5. The molecular weight excluding hydrogens is 260 g/mol. The fraction of sp³-hybridized carbons (Fsp3) is 0.857. The first-order chi connectivity index (χ1) is 9.52. The summed E-state index contributed by atoms with van der Waals surface area (Å²) in [6.45, 7) is 1.57. The highest BCUT2D eigenvalue weighted by atomic mass is 16.5. The second-order valence-electron chi connectivity index (χ2n) is 5.86. The lowest BCUT2D eigenvalue weighted by Gasteiger charge is -2.35. The Bertz CT molecular complexity index is 370. The Kier molecular flexibility index (Phi) is 4.99. The molecule has 1 saturated carbocycles. The van der Waals surface area contributed by atoms with Crippen molar-refractivity contribution in [3.63, 3.8) is 0 Å². The van der Waals surface area contributed by atoms with Gasteiger partial charge in [0, 0.05) is 25.0 Å². The molecule has 1 aliphatic carbocycles. The molecule has 0 unspecified atom stereocenters. The number of ether oxygens (including phenoxy) is 1. The SMILES string of the molecule is COC(=O)[C@H](O)[C@H]1CCCN(C(=O)CN(C)C2CC2)C1. The molecular formula is C14H24N2O4. The van der Waals surface area contributed by atoms with E-state index < -0.39 is 12.1 Å². The first kappa shape index (κ1) is 15.3. The summed E-state index contributed by atoms with van der Waals surface area (Å²) in [4.78, 5) is 27.5. The molecule has 20 heavy (non-hydrogen) atoms. The number of amides is 1. The van der Waals surface area contributed by atoms with Crippen molar-refractivity contribution in [2.75, 3.05) is 33.8 Å². The molecule has 1 amide bonds. The topological polar surface area (TPSA) is 70.1 Å². The molecule has 2 fully saturated rings. The van der Waals surface area contributed by atoms with Gasteiger partial charge in [0.1, 0.15) is 0 Å². The van der Waals surface area contributed by atoms with Crippen LogP contribution in [0.15, 0.2) is 0 Å². The fourth-order valence-corrected chi connectivity index (χ4v) is 2.77. The van der Waals surface area contributed by atoms with Gasteiger partial charge < -0.3 is 14.7 Å². The van der Waals surface area contributed by atoms with Crippen LogP contribution in [0.4, 0.5) is 0 Å². The number of carbonyl (C=O) groups is 2. The van der Waals surface area contributed by atoms with Crippen molar-refractivity contribution >= 4 is 11.9 Å². The predicted molar refractivity (Wildman–Crippen MR) is 73.0 cm³/mol. The number of aliphatic hydroxyl groups excluding tert-OH is 1. The average Bonchev–Trinajstić information content (AvgIpc) is 3.30. The Hall–Kier alpha value is -1.14. The normalized spacial score (nSPS) is 24.6. The van der Waals surface area contributed by atoms with Gasteiger partial charge in [0.05, 0.1) is 13.7 Å². The van der Waals surface area contributed by atoms with E-state index in [0.29, 0.717) is 25.7 Å². The van der Waals surface area contributed by atoms with Crippen molar-refractivity contribution < 1.29 is 19.4 Å². The van der Waals surface area contributed by atoms with Crippen LogP contribution in [-0.4, -0.2) is 72.7 Å². The summed E-state index contributed by atoms with van der Waals surface area (Å²) < 4.78 is 4.56. The van der Waals surface area contributed by atoms with E-state index in [9.17, 15) is 14.7 Å². The van der Waals surface area contributed by atoms with Crippen LogP contribution < -0.4 is 0 Å². The lowest BCUT2D eigenvalue weighted by Crippen LogP contribution is -2.48. The Morgan fingerprint density at radius 1 is 1.40 bits per heavy atom. The number of aliphatic hydroxyl groups is 1. The van der Waals surface area contributed by atoms with E-state index in [1.165, 1.54) is 20.0 Å². The summed E-state index contributed by atoms with van der Waals surface area (Å²) in [6.07, 6.45) is 2.79. The van der Waals surface area contributed by atoms with E-state index >= 15 is 0 Å². The molecule has 1 aliphatic heterocycles. The third-order valence-electron chi connectivity index (χ3n) is 4.25. The maximum atomic E-state index is 12.2. The lowest BCUT2D eigenvalue weighted by atomic mass is 9.92. The largest absolute Gasteiger partial charge is 0.467 e. The smallest absolute Gasteiger partial charge is 0.335 e. The minimum Gasteiger partial charge on any atom is -0.467 e. The highest BCUT2D eigenvalue weighted by Gasteiger charge is 2.34. The molecule has 2 rings (SSSR count). The van der Waals surface area contributed by atoms with Gasteiger partial charge in [-0.2, -0.15) is 0 Å². The molecule has 1 N–H and O–H groups in total. The molecule has 0 spiro atoms. The van der Waals surface area contributed by atoms with Gasteiger partial charge in [-0.05, 0) is 32.7 Å². The first-order valence-electron chi connectivity index (χ1n) is 7.27. The summed E-state index contributed by atoms with van der Waals surface area (Å²) in [7, 11) is 3.24. The molecule has 2 atom stereocenters. The van der Waals surface area contributed by atoms with Crippen molar-refractivity contribution in [1.82, 2.24) is 9.80 Å². The van der Waals surface area contributed by atoms with Gasteiger partial charge in [-0.1, -0.05) is 0 Å². The van der Waals surface area contributed by atoms with Crippen molar-refractivity contribution in [1.29, 1.82) is 0 Å². The minimum absolute atomic E-state index is 0.0844. The van der Waals surface area contributed by atoms with Gasteiger partial charge in [0.2, 0.25) is 5.91 Å². The highest BCUT2D eigenvalue weighted by molar-refractivity contribution is 5.79. The van der Waals surface area contributed by atoms with Gasteiger partial charge in [-0.3, -0.25) is 9.69 Å². The highest BCUT2D eigenvalue weighted by Crippen LogP contribution is 2.26. The number of methoxy groups -OCH3 is 1. The first-order valence-corrected chi connectivity index (χ1v) is 7.27. The molecule has 1 heterocycles. The van der Waals surface area contributed by atoms with Crippen molar-refractivity contribution in [3.8, 4) is 0 Å². The Balaban J connectivity index is 1.85. The third kappa shape index (κ3) is 3.70. The van der Waals surface area contributed by atoms with Crippen LogP contribution in [0.1, 0.15) is 25.7 Å². The zero-order valence-electron chi connectivity index (χ0n) is 12.2.